The maximum absolute atomic E-state index is 11.9. The van der Waals surface area contributed by atoms with E-state index in [1.165, 1.54) is 12.3 Å². The van der Waals surface area contributed by atoms with Gasteiger partial charge in [-0.1, -0.05) is 35.6 Å². The van der Waals surface area contributed by atoms with Crippen LogP contribution in [-0.4, -0.2) is 25.1 Å². The molecule has 2 aromatic rings. The Hall–Kier alpha value is -1.99. The molecule has 2 rings (SSSR count). The fraction of sp³-hybridized carbons (Fsp3) is 0.0769. The average molecular weight is 308 g/mol. The van der Waals surface area contributed by atoms with Crippen molar-refractivity contribution in [3.63, 3.8) is 0 Å². The normalized spacial score (nSPS) is 11.0. The lowest BCUT2D eigenvalue weighted by Crippen LogP contribution is -2.11. The molecule has 0 bridgehead atoms. The zero-order chi connectivity index (χ0) is 14.6. The molecule has 7 heteroatoms. The fourth-order valence-corrected chi connectivity index (χ4v) is 3.64. The number of hydrogen-bond donors (Lipinski definition) is 1. The maximum Gasteiger partial charge on any atom is 0.257 e. The molecule has 0 atom stereocenters. The summed E-state index contributed by atoms with van der Waals surface area (Å²) in [6.07, 6.45) is 2.56. The zero-order valence-corrected chi connectivity index (χ0v) is 12.1. The monoisotopic (exact) mass is 308 g/mol. The van der Waals surface area contributed by atoms with Crippen LogP contribution in [0.25, 0.3) is 0 Å². The second kappa shape index (κ2) is 5.98. The number of aromatic nitrogens is 1. The van der Waals surface area contributed by atoms with Crippen LogP contribution in [0.3, 0.4) is 0 Å². The third-order valence-electron chi connectivity index (χ3n) is 2.38. The highest BCUT2D eigenvalue weighted by atomic mass is 32.2. The fourth-order valence-electron chi connectivity index (χ4n) is 1.46. The zero-order valence-electron chi connectivity index (χ0n) is 10.4. The van der Waals surface area contributed by atoms with Crippen molar-refractivity contribution in [3.8, 4) is 0 Å². The van der Waals surface area contributed by atoms with Gasteiger partial charge in [0.2, 0.25) is 0 Å². The van der Waals surface area contributed by atoms with E-state index in [1.807, 2.05) is 0 Å². The molecule has 0 radical (unpaired) electrons. The SMILES string of the molecule is C=CCS(=O)(=O)c1cnc(NC(=O)c2ccccc2)s1. The third-order valence-corrected chi connectivity index (χ3v) is 5.50. The number of carbonyl (C=O) groups excluding carboxylic acids is 1. The van der Waals surface area contributed by atoms with Crippen molar-refractivity contribution >= 4 is 32.2 Å². The van der Waals surface area contributed by atoms with E-state index in [0.29, 0.717) is 5.56 Å². The number of nitrogens with zero attached hydrogens (tertiary/aromatic N) is 1. The van der Waals surface area contributed by atoms with Gasteiger partial charge in [-0.15, -0.1) is 6.58 Å². The molecule has 1 aromatic carbocycles. The number of hydrogen-bond acceptors (Lipinski definition) is 5. The molecule has 1 aromatic heterocycles. The van der Waals surface area contributed by atoms with Gasteiger partial charge in [-0.3, -0.25) is 10.1 Å². The molecule has 0 aliphatic heterocycles. The Morgan fingerprint density at radius 1 is 1.35 bits per heavy atom. The summed E-state index contributed by atoms with van der Waals surface area (Å²) < 4.78 is 23.7. The first kappa shape index (κ1) is 14.4. The summed E-state index contributed by atoms with van der Waals surface area (Å²) in [6.45, 7) is 3.40. The number of carbonyl (C=O) groups is 1. The van der Waals surface area contributed by atoms with Gasteiger partial charge in [0.1, 0.15) is 4.21 Å². The predicted octanol–water partition coefficient (Wildman–Crippen LogP) is 2.36. The highest BCUT2D eigenvalue weighted by molar-refractivity contribution is 7.93. The van der Waals surface area contributed by atoms with Crippen LogP contribution in [0, 0.1) is 0 Å². The lowest BCUT2D eigenvalue weighted by atomic mass is 10.2. The molecule has 1 amide bonds. The molecule has 0 saturated heterocycles. The first-order valence-corrected chi connectivity index (χ1v) is 8.15. The summed E-state index contributed by atoms with van der Waals surface area (Å²) >= 11 is 0.924. The van der Waals surface area contributed by atoms with Crippen LogP contribution in [0.2, 0.25) is 0 Å². The molecule has 1 heterocycles. The van der Waals surface area contributed by atoms with Crippen LogP contribution in [0.1, 0.15) is 10.4 Å². The second-order valence-corrected chi connectivity index (χ2v) is 7.17. The Morgan fingerprint density at radius 3 is 2.70 bits per heavy atom. The summed E-state index contributed by atoms with van der Waals surface area (Å²) in [5.74, 6) is -0.478. The molecule has 0 spiro atoms. The Bertz CT molecular complexity index is 721. The van der Waals surface area contributed by atoms with Crippen LogP contribution in [0.5, 0.6) is 0 Å². The van der Waals surface area contributed by atoms with Gasteiger partial charge in [-0.2, -0.15) is 0 Å². The van der Waals surface area contributed by atoms with Gasteiger partial charge in [-0.25, -0.2) is 13.4 Å². The molecule has 0 aliphatic carbocycles. The number of anilines is 1. The quantitative estimate of drug-likeness (QED) is 0.860. The topological polar surface area (TPSA) is 76.1 Å². The molecule has 0 aliphatic rings. The van der Waals surface area contributed by atoms with Crippen molar-refractivity contribution in [1.82, 2.24) is 4.98 Å². The third kappa shape index (κ3) is 3.31. The van der Waals surface area contributed by atoms with E-state index in [2.05, 4.69) is 16.9 Å². The first-order valence-electron chi connectivity index (χ1n) is 5.69. The van der Waals surface area contributed by atoms with E-state index in [4.69, 9.17) is 0 Å². The Labute approximate surface area is 120 Å². The smallest absolute Gasteiger partial charge is 0.257 e. The standard InChI is InChI=1S/C13H12N2O3S2/c1-2-8-20(17,18)11-9-14-13(19-11)15-12(16)10-6-4-3-5-7-10/h2-7,9H,1,8H2,(H,14,15,16). The van der Waals surface area contributed by atoms with Gasteiger partial charge >= 0.3 is 0 Å². The van der Waals surface area contributed by atoms with Gasteiger partial charge < -0.3 is 0 Å². The van der Waals surface area contributed by atoms with E-state index in [0.717, 1.165) is 11.3 Å². The van der Waals surface area contributed by atoms with Crippen LogP contribution >= 0.6 is 11.3 Å². The highest BCUT2D eigenvalue weighted by Crippen LogP contribution is 2.24. The number of benzene rings is 1. The van der Waals surface area contributed by atoms with Crippen LogP contribution in [0.4, 0.5) is 5.13 Å². The van der Waals surface area contributed by atoms with Gasteiger partial charge in [0.25, 0.3) is 5.91 Å². The highest BCUT2D eigenvalue weighted by Gasteiger charge is 2.17. The van der Waals surface area contributed by atoms with Gasteiger partial charge in [-0.05, 0) is 12.1 Å². The van der Waals surface area contributed by atoms with E-state index in [1.54, 1.807) is 30.3 Å². The van der Waals surface area contributed by atoms with Crippen molar-refractivity contribution in [2.75, 3.05) is 11.1 Å². The minimum Gasteiger partial charge on any atom is -0.298 e. The van der Waals surface area contributed by atoms with Gasteiger partial charge in [0.15, 0.2) is 15.0 Å². The van der Waals surface area contributed by atoms with E-state index in [-0.39, 0.29) is 21.0 Å². The molecule has 20 heavy (non-hydrogen) atoms. The predicted molar refractivity (Wildman–Crippen MR) is 78.8 cm³/mol. The van der Waals surface area contributed by atoms with E-state index >= 15 is 0 Å². The Kier molecular flexibility index (Phi) is 4.31. The average Bonchev–Trinajstić information content (AvgIpc) is 2.89. The van der Waals surface area contributed by atoms with Crippen molar-refractivity contribution in [2.24, 2.45) is 0 Å². The molecule has 0 saturated carbocycles. The molecule has 104 valence electrons. The second-order valence-electron chi connectivity index (χ2n) is 3.87. The summed E-state index contributed by atoms with van der Waals surface area (Å²) in [4.78, 5) is 15.8. The number of amides is 1. The molecular formula is C13H12N2O3S2. The van der Waals surface area contributed by atoms with Crippen LogP contribution < -0.4 is 5.32 Å². The largest absolute Gasteiger partial charge is 0.298 e. The Balaban J connectivity index is 2.15. The van der Waals surface area contributed by atoms with Crippen LogP contribution in [-0.2, 0) is 9.84 Å². The van der Waals surface area contributed by atoms with E-state index in [9.17, 15) is 13.2 Å². The number of sulfone groups is 1. The van der Waals surface area contributed by atoms with Crippen molar-refractivity contribution in [2.45, 2.75) is 4.21 Å². The summed E-state index contributed by atoms with van der Waals surface area (Å²) in [5.41, 5.74) is 0.484. The van der Waals surface area contributed by atoms with Crippen molar-refractivity contribution in [3.05, 3.63) is 54.7 Å². The molecular weight excluding hydrogens is 296 g/mol. The first-order chi connectivity index (χ1) is 9.53. The molecule has 1 N–H and O–H groups in total. The molecule has 0 unspecified atom stereocenters. The van der Waals surface area contributed by atoms with Gasteiger partial charge in [0.05, 0.1) is 11.9 Å². The Morgan fingerprint density at radius 2 is 2.05 bits per heavy atom. The molecule has 5 nitrogen and oxygen atoms in total. The summed E-state index contributed by atoms with van der Waals surface area (Å²) in [7, 11) is -3.40. The summed E-state index contributed by atoms with van der Waals surface area (Å²) in [5, 5.41) is 2.82. The lowest BCUT2D eigenvalue weighted by molar-refractivity contribution is 0.102. The number of thiazole rings is 1. The van der Waals surface area contributed by atoms with Gasteiger partial charge in [0, 0.05) is 5.56 Å². The van der Waals surface area contributed by atoms with Crippen molar-refractivity contribution < 1.29 is 13.2 Å². The van der Waals surface area contributed by atoms with Crippen LogP contribution in [0.15, 0.2) is 53.4 Å². The number of nitrogens with one attached hydrogen (secondary N) is 1. The maximum atomic E-state index is 11.9. The van der Waals surface area contributed by atoms with E-state index < -0.39 is 9.84 Å². The number of rotatable bonds is 5. The van der Waals surface area contributed by atoms with Crippen molar-refractivity contribution in [1.29, 1.82) is 0 Å². The minimum atomic E-state index is -3.40. The summed E-state index contributed by atoms with van der Waals surface area (Å²) in [6, 6.07) is 8.63. The minimum absolute atomic E-state index is 0.112. The lowest BCUT2D eigenvalue weighted by Gasteiger charge is -2.00. The molecule has 0 fully saturated rings.